The topological polar surface area (TPSA) is 87.1 Å². The van der Waals surface area contributed by atoms with Gasteiger partial charge in [-0.1, -0.05) is 35.3 Å². The van der Waals surface area contributed by atoms with Crippen LogP contribution in [-0.4, -0.2) is 15.0 Å². The van der Waals surface area contributed by atoms with Crippen molar-refractivity contribution in [3.63, 3.8) is 0 Å². The molecule has 2 aromatic rings. The van der Waals surface area contributed by atoms with Gasteiger partial charge in [-0.25, -0.2) is 4.79 Å². The number of hydrogen-bond acceptors (Lipinski definition) is 3. The summed E-state index contributed by atoms with van der Waals surface area (Å²) in [6.07, 6.45) is 0. The van der Waals surface area contributed by atoms with Crippen molar-refractivity contribution in [2.24, 2.45) is 12.8 Å². The third-order valence-electron chi connectivity index (χ3n) is 3.02. The van der Waals surface area contributed by atoms with Gasteiger partial charge in [-0.3, -0.25) is 18.7 Å². The van der Waals surface area contributed by atoms with Crippen LogP contribution in [0.2, 0.25) is 10.0 Å². The molecule has 0 saturated carbocycles. The van der Waals surface area contributed by atoms with Crippen molar-refractivity contribution < 1.29 is 4.79 Å². The Balaban J connectivity index is 2.59. The molecule has 21 heavy (non-hydrogen) atoms. The number of carbonyl (C=O) groups is 1. The zero-order chi connectivity index (χ0) is 15.7. The summed E-state index contributed by atoms with van der Waals surface area (Å²) in [5.41, 5.74) is 4.19. The van der Waals surface area contributed by atoms with E-state index in [0.29, 0.717) is 10.6 Å². The molecule has 0 atom stereocenters. The first-order chi connectivity index (χ1) is 9.82. The molecule has 110 valence electrons. The predicted octanol–water partition coefficient (Wildman–Crippen LogP) is 1.00. The number of aromatic nitrogens is 2. The van der Waals surface area contributed by atoms with Gasteiger partial charge in [0.25, 0.3) is 11.5 Å². The fourth-order valence-corrected chi connectivity index (χ4v) is 2.27. The van der Waals surface area contributed by atoms with E-state index in [-0.39, 0.29) is 17.3 Å². The molecule has 0 spiro atoms. The minimum atomic E-state index is -0.848. The average molecular weight is 328 g/mol. The fraction of sp³-hybridized carbons (Fsp3) is 0.154. The van der Waals surface area contributed by atoms with Gasteiger partial charge < -0.3 is 5.73 Å². The number of nitrogens with two attached hydrogens (primary N) is 1. The molecule has 8 heteroatoms. The summed E-state index contributed by atoms with van der Waals surface area (Å²) < 4.78 is 1.96. The number of nitrogens with zero attached hydrogens (tertiary/aromatic N) is 2. The molecule has 0 unspecified atom stereocenters. The van der Waals surface area contributed by atoms with Gasteiger partial charge in [0.05, 0.1) is 16.6 Å². The Morgan fingerprint density at radius 1 is 1.29 bits per heavy atom. The summed E-state index contributed by atoms with van der Waals surface area (Å²) in [6.45, 7) is -0.0516. The highest BCUT2D eigenvalue weighted by molar-refractivity contribution is 6.42. The minimum Gasteiger partial charge on any atom is -0.364 e. The molecule has 2 rings (SSSR count). The zero-order valence-electron chi connectivity index (χ0n) is 11.0. The average Bonchev–Trinajstić information content (AvgIpc) is 2.43. The lowest BCUT2D eigenvalue weighted by molar-refractivity contribution is 0.0990. The Morgan fingerprint density at radius 2 is 1.95 bits per heavy atom. The van der Waals surface area contributed by atoms with E-state index in [0.717, 1.165) is 15.2 Å². The Kier molecular flexibility index (Phi) is 4.20. The van der Waals surface area contributed by atoms with E-state index in [1.54, 1.807) is 18.2 Å². The molecule has 0 aliphatic carbocycles. The third-order valence-corrected chi connectivity index (χ3v) is 3.88. The van der Waals surface area contributed by atoms with Crippen LogP contribution >= 0.6 is 23.2 Å². The molecular weight excluding hydrogens is 317 g/mol. The Bertz CT molecular complexity index is 840. The summed E-state index contributed by atoms with van der Waals surface area (Å²) in [5, 5.41) is 0.597. The van der Waals surface area contributed by atoms with E-state index in [4.69, 9.17) is 28.9 Å². The summed E-state index contributed by atoms with van der Waals surface area (Å²) >= 11 is 11.9. The van der Waals surface area contributed by atoms with Crippen molar-refractivity contribution in [2.45, 2.75) is 6.54 Å². The standard InChI is InChI=1S/C13H11Cl2N3O3/c1-17-9(12(16)20)5-10(19)18(13(17)21)6-7-3-2-4-8(14)11(7)15/h2-5H,6H2,1H3,(H2,16,20). The molecule has 6 nitrogen and oxygen atoms in total. The molecule has 0 fully saturated rings. The fourth-order valence-electron chi connectivity index (χ4n) is 1.89. The van der Waals surface area contributed by atoms with Gasteiger partial charge in [0, 0.05) is 13.1 Å². The van der Waals surface area contributed by atoms with Crippen molar-refractivity contribution in [2.75, 3.05) is 0 Å². The highest BCUT2D eigenvalue weighted by atomic mass is 35.5. The van der Waals surface area contributed by atoms with Crippen LogP contribution in [0, 0.1) is 0 Å². The zero-order valence-corrected chi connectivity index (χ0v) is 12.5. The summed E-state index contributed by atoms with van der Waals surface area (Å²) in [4.78, 5) is 35.3. The van der Waals surface area contributed by atoms with E-state index in [2.05, 4.69) is 0 Å². The second kappa shape index (κ2) is 5.75. The molecule has 1 aromatic carbocycles. The van der Waals surface area contributed by atoms with Crippen LogP contribution in [-0.2, 0) is 13.6 Å². The van der Waals surface area contributed by atoms with Crippen molar-refractivity contribution in [3.8, 4) is 0 Å². The van der Waals surface area contributed by atoms with Gasteiger partial charge in [0.15, 0.2) is 0 Å². The quantitative estimate of drug-likeness (QED) is 0.912. The van der Waals surface area contributed by atoms with E-state index in [1.165, 1.54) is 7.05 Å². The lowest BCUT2D eigenvalue weighted by atomic mass is 10.2. The van der Waals surface area contributed by atoms with Crippen molar-refractivity contribution in [3.05, 3.63) is 66.4 Å². The van der Waals surface area contributed by atoms with Crippen LogP contribution in [0.5, 0.6) is 0 Å². The molecular formula is C13H11Cl2N3O3. The van der Waals surface area contributed by atoms with Gasteiger partial charge in [-0.05, 0) is 11.6 Å². The smallest absolute Gasteiger partial charge is 0.331 e. The second-order valence-electron chi connectivity index (χ2n) is 4.37. The van der Waals surface area contributed by atoms with Gasteiger partial charge in [-0.15, -0.1) is 0 Å². The number of benzene rings is 1. The Labute approximate surface area is 129 Å². The lowest BCUT2D eigenvalue weighted by Crippen LogP contribution is -2.42. The SMILES string of the molecule is Cn1c(C(N)=O)cc(=O)n(Cc2cccc(Cl)c2Cl)c1=O. The van der Waals surface area contributed by atoms with Crippen molar-refractivity contribution in [1.82, 2.24) is 9.13 Å². The van der Waals surface area contributed by atoms with Crippen LogP contribution in [0.1, 0.15) is 16.1 Å². The van der Waals surface area contributed by atoms with Gasteiger partial charge in [0.2, 0.25) is 0 Å². The molecule has 0 saturated heterocycles. The van der Waals surface area contributed by atoms with Crippen LogP contribution in [0.25, 0.3) is 0 Å². The molecule has 1 aromatic heterocycles. The Morgan fingerprint density at radius 3 is 2.57 bits per heavy atom. The Hall–Kier alpha value is -2.05. The molecule has 2 N–H and O–H groups in total. The van der Waals surface area contributed by atoms with Crippen molar-refractivity contribution in [1.29, 1.82) is 0 Å². The first kappa shape index (κ1) is 15.3. The molecule has 0 aliphatic rings. The number of rotatable bonds is 3. The number of carbonyl (C=O) groups excluding carboxylic acids is 1. The summed E-state index contributed by atoms with van der Waals surface area (Å²) in [6, 6.07) is 5.94. The van der Waals surface area contributed by atoms with E-state index >= 15 is 0 Å². The maximum Gasteiger partial charge on any atom is 0.331 e. The number of primary amides is 1. The number of amides is 1. The normalized spacial score (nSPS) is 10.6. The van der Waals surface area contributed by atoms with Gasteiger partial charge in [-0.2, -0.15) is 0 Å². The second-order valence-corrected chi connectivity index (χ2v) is 5.16. The minimum absolute atomic E-state index is 0.0516. The summed E-state index contributed by atoms with van der Waals surface area (Å²) in [7, 11) is 1.36. The summed E-state index contributed by atoms with van der Waals surface area (Å²) in [5.74, 6) is -0.848. The number of halogens is 2. The van der Waals surface area contributed by atoms with Crippen LogP contribution in [0.4, 0.5) is 0 Å². The highest BCUT2D eigenvalue weighted by Crippen LogP contribution is 2.25. The van der Waals surface area contributed by atoms with Crippen LogP contribution < -0.4 is 17.0 Å². The predicted molar refractivity (Wildman–Crippen MR) is 80.0 cm³/mol. The first-order valence-electron chi connectivity index (χ1n) is 5.86. The molecule has 0 radical (unpaired) electrons. The van der Waals surface area contributed by atoms with E-state index in [1.807, 2.05) is 0 Å². The van der Waals surface area contributed by atoms with E-state index in [9.17, 15) is 14.4 Å². The maximum atomic E-state index is 12.2. The molecule has 0 aliphatic heterocycles. The monoisotopic (exact) mass is 327 g/mol. The van der Waals surface area contributed by atoms with Gasteiger partial charge in [0.1, 0.15) is 5.69 Å². The van der Waals surface area contributed by atoms with Gasteiger partial charge >= 0.3 is 5.69 Å². The molecule has 1 amide bonds. The number of hydrogen-bond donors (Lipinski definition) is 1. The maximum absolute atomic E-state index is 12.2. The highest BCUT2D eigenvalue weighted by Gasteiger charge is 2.14. The largest absolute Gasteiger partial charge is 0.364 e. The van der Waals surface area contributed by atoms with Crippen molar-refractivity contribution >= 4 is 29.1 Å². The molecule has 1 heterocycles. The van der Waals surface area contributed by atoms with E-state index < -0.39 is 17.2 Å². The first-order valence-corrected chi connectivity index (χ1v) is 6.62. The van der Waals surface area contributed by atoms with Crippen LogP contribution in [0.3, 0.4) is 0 Å². The third kappa shape index (κ3) is 2.86. The van der Waals surface area contributed by atoms with Crippen LogP contribution in [0.15, 0.2) is 33.9 Å². The molecule has 0 bridgehead atoms. The lowest BCUT2D eigenvalue weighted by Gasteiger charge is -2.11.